The largest absolute Gasteiger partial charge is 0.482 e. The number of rotatable bonds is 2. The van der Waals surface area contributed by atoms with Gasteiger partial charge >= 0.3 is 0 Å². The quantitative estimate of drug-likeness (QED) is 0.736. The van der Waals surface area contributed by atoms with E-state index in [9.17, 15) is 0 Å². The molecule has 0 unspecified atom stereocenters. The van der Waals surface area contributed by atoms with Gasteiger partial charge in [-0.15, -0.1) is 11.3 Å². The van der Waals surface area contributed by atoms with Gasteiger partial charge in [-0.2, -0.15) is 0 Å². The van der Waals surface area contributed by atoms with Gasteiger partial charge in [0, 0.05) is 11.6 Å². The summed E-state index contributed by atoms with van der Waals surface area (Å²) in [5, 5.41) is 2.51. The first-order valence-corrected chi connectivity index (χ1v) is 5.62. The van der Waals surface area contributed by atoms with Crippen molar-refractivity contribution in [2.24, 2.45) is 0 Å². The summed E-state index contributed by atoms with van der Waals surface area (Å²) in [5.74, 6) is 0. The fourth-order valence-electron chi connectivity index (χ4n) is 1.34. The topological polar surface area (TPSA) is 26.5 Å². The van der Waals surface area contributed by atoms with Gasteiger partial charge in [-0.05, 0) is 26.1 Å². The van der Waals surface area contributed by atoms with Gasteiger partial charge in [0.05, 0.1) is 12.3 Å². The molecule has 2 aromatic rings. The Kier molecular flexibility index (Phi) is 2.52. The van der Waals surface area contributed by atoms with E-state index in [2.05, 4.69) is 4.98 Å². The van der Waals surface area contributed by atoms with Crippen LogP contribution in [0.4, 0.5) is 0 Å². The maximum Gasteiger partial charge on any atom is 0.210 e. The van der Waals surface area contributed by atoms with E-state index in [1.165, 1.54) is 0 Å². The van der Waals surface area contributed by atoms with E-state index in [0.717, 1.165) is 16.3 Å². The van der Waals surface area contributed by atoms with E-state index in [-0.39, 0.29) is 0 Å². The first-order valence-electron chi connectivity index (χ1n) is 4.33. The Morgan fingerprint density at radius 1 is 1.71 bits per heavy atom. The normalized spacial score (nSPS) is 10.7. The van der Waals surface area contributed by atoms with Gasteiger partial charge in [0.1, 0.15) is 5.69 Å². The van der Waals surface area contributed by atoms with Crippen molar-refractivity contribution in [2.75, 3.05) is 6.61 Å². The van der Waals surface area contributed by atoms with E-state index in [4.69, 9.17) is 17.0 Å². The van der Waals surface area contributed by atoms with E-state index in [1.807, 2.05) is 29.8 Å². The highest BCUT2D eigenvalue weighted by molar-refractivity contribution is 7.80. The summed E-state index contributed by atoms with van der Waals surface area (Å²) >= 11 is 6.77. The minimum atomic E-state index is 0.524. The highest BCUT2D eigenvalue weighted by Gasteiger charge is 2.14. The monoisotopic (exact) mass is 226 g/mol. The number of thiazole rings is 1. The second kappa shape index (κ2) is 3.67. The number of hydrogen-bond acceptors (Lipinski definition) is 4. The minimum Gasteiger partial charge on any atom is -0.482 e. The zero-order valence-electron chi connectivity index (χ0n) is 7.98. The van der Waals surface area contributed by atoms with Crippen LogP contribution in [0.5, 0.6) is 0 Å². The summed E-state index contributed by atoms with van der Waals surface area (Å²) in [6, 6.07) is 0. The molecule has 2 heterocycles. The van der Waals surface area contributed by atoms with Gasteiger partial charge in [0.25, 0.3) is 0 Å². The second-order valence-corrected chi connectivity index (χ2v) is 4.07. The molecule has 0 spiro atoms. The summed E-state index contributed by atoms with van der Waals surface area (Å²) in [4.78, 5) is 5.35. The molecule has 0 N–H and O–H groups in total. The smallest absolute Gasteiger partial charge is 0.210 e. The van der Waals surface area contributed by atoms with Crippen molar-refractivity contribution in [3.63, 3.8) is 0 Å². The van der Waals surface area contributed by atoms with Gasteiger partial charge in [0.15, 0.2) is 4.96 Å². The third-order valence-corrected chi connectivity index (χ3v) is 2.97. The van der Waals surface area contributed by atoms with E-state index in [1.54, 1.807) is 11.3 Å². The van der Waals surface area contributed by atoms with Crippen molar-refractivity contribution in [2.45, 2.75) is 13.8 Å². The molecule has 2 rings (SSSR count). The van der Waals surface area contributed by atoms with Gasteiger partial charge in [-0.1, -0.05) is 0 Å². The molecule has 0 radical (unpaired) electrons. The van der Waals surface area contributed by atoms with Crippen LogP contribution in [0.2, 0.25) is 0 Å². The number of hydrogen-bond donors (Lipinski definition) is 0. The Hall–Kier alpha value is -0.940. The molecule has 0 amide bonds. The second-order valence-electron chi connectivity index (χ2n) is 2.82. The lowest BCUT2D eigenvalue weighted by Crippen LogP contribution is -2.07. The highest BCUT2D eigenvalue weighted by atomic mass is 32.1. The molecule has 0 saturated carbocycles. The Balaban J connectivity index is 2.53. The Morgan fingerprint density at radius 2 is 2.50 bits per heavy atom. The molecule has 0 aliphatic rings. The summed E-state index contributed by atoms with van der Waals surface area (Å²) in [7, 11) is 0. The van der Waals surface area contributed by atoms with Gasteiger partial charge < -0.3 is 4.74 Å². The molecule has 2 aromatic heterocycles. The summed E-state index contributed by atoms with van der Waals surface area (Å²) in [6.45, 7) is 4.46. The summed E-state index contributed by atoms with van der Waals surface area (Å²) in [6.07, 6.45) is 1.96. The number of aryl methyl sites for hydroxylation is 1. The summed E-state index contributed by atoms with van der Waals surface area (Å²) in [5.41, 5.74) is 1.83. The third-order valence-electron chi connectivity index (χ3n) is 1.91. The lowest BCUT2D eigenvalue weighted by Gasteiger charge is -2.03. The van der Waals surface area contributed by atoms with Crippen molar-refractivity contribution in [3.8, 4) is 0 Å². The zero-order chi connectivity index (χ0) is 10.1. The summed E-state index contributed by atoms with van der Waals surface area (Å²) < 4.78 is 7.29. The first-order chi connectivity index (χ1) is 6.74. The van der Waals surface area contributed by atoms with Crippen LogP contribution in [-0.2, 0) is 4.74 Å². The maximum absolute atomic E-state index is 5.32. The Bertz CT molecular complexity index is 472. The van der Waals surface area contributed by atoms with Crippen molar-refractivity contribution in [1.29, 1.82) is 0 Å². The fraction of sp³-hybridized carbons (Fsp3) is 0.333. The third kappa shape index (κ3) is 1.42. The molecular formula is C9H10N2OS2. The van der Waals surface area contributed by atoms with E-state index >= 15 is 0 Å². The molecule has 0 aliphatic heterocycles. The Labute approximate surface area is 91.3 Å². The van der Waals surface area contributed by atoms with Crippen LogP contribution in [0, 0.1) is 6.92 Å². The number of aromatic nitrogens is 2. The molecule has 0 saturated heterocycles. The van der Waals surface area contributed by atoms with Crippen LogP contribution in [0.25, 0.3) is 4.96 Å². The van der Waals surface area contributed by atoms with Crippen molar-refractivity contribution >= 4 is 33.6 Å². The van der Waals surface area contributed by atoms with Crippen molar-refractivity contribution in [3.05, 3.63) is 23.0 Å². The standard InChI is InChI=1S/C9H10N2OS2/c1-3-12-8(13)7-6(2)10-9-11(7)4-5-14-9/h4-5H,3H2,1-2H3. The average molecular weight is 226 g/mol. The predicted octanol–water partition coefficient (Wildman–Crippen LogP) is 2.42. The van der Waals surface area contributed by atoms with Crippen molar-refractivity contribution < 1.29 is 4.74 Å². The number of ether oxygens (including phenoxy) is 1. The Morgan fingerprint density at radius 3 is 3.21 bits per heavy atom. The SMILES string of the molecule is CCOC(=S)c1c(C)nc2sccn12. The highest BCUT2D eigenvalue weighted by Crippen LogP contribution is 2.17. The predicted molar refractivity (Wildman–Crippen MR) is 61.1 cm³/mol. The van der Waals surface area contributed by atoms with Crippen molar-refractivity contribution in [1.82, 2.24) is 9.38 Å². The van der Waals surface area contributed by atoms with Crippen LogP contribution in [0.15, 0.2) is 11.6 Å². The molecule has 5 heteroatoms. The van der Waals surface area contributed by atoms with Gasteiger partial charge in [-0.3, -0.25) is 4.40 Å². The van der Waals surface area contributed by atoms with Crippen LogP contribution in [0.3, 0.4) is 0 Å². The van der Waals surface area contributed by atoms with Crippen LogP contribution in [0.1, 0.15) is 18.3 Å². The molecule has 74 valence electrons. The van der Waals surface area contributed by atoms with Crippen LogP contribution < -0.4 is 0 Å². The van der Waals surface area contributed by atoms with Crippen LogP contribution in [-0.4, -0.2) is 21.0 Å². The molecule has 0 aliphatic carbocycles. The average Bonchev–Trinajstić information content (AvgIpc) is 2.63. The molecule has 0 atom stereocenters. The van der Waals surface area contributed by atoms with E-state index < -0.39 is 0 Å². The first kappa shape index (κ1) is 9.61. The number of fused-ring (bicyclic) bond motifs is 1. The fourth-order valence-corrected chi connectivity index (χ4v) is 2.46. The molecule has 0 aromatic carbocycles. The maximum atomic E-state index is 5.32. The molecule has 3 nitrogen and oxygen atoms in total. The van der Waals surface area contributed by atoms with Crippen LogP contribution >= 0.6 is 23.6 Å². The zero-order valence-corrected chi connectivity index (χ0v) is 9.61. The lowest BCUT2D eigenvalue weighted by atomic mass is 10.3. The molecular weight excluding hydrogens is 216 g/mol. The lowest BCUT2D eigenvalue weighted by molar-refractivity contribution is 0.336. The molecule has 0 fully saturated rings. The number of thiocarbonyl (C=S) groups is 1. The molecule has 0 bridgehead atoms. The minimum absolute atomic E-state index is 0.524. The van der Waals surface area contributed by atoms with E-state index in [0.29, 0.717) is 11.7 Å². The van der Waals surface area contributed by atoms with Gasteiger partial charge in [-0.25, -0.2) is 4.98 Å². The van der Waals surface area contributed by atoms with Gasteiger partial charge in [0.2, 0.25) is 5.05 Å². The number of imidazole rings is 1. The molecule has 14 heavy (non-hydrogen) atoms. The number of nitrogens with zero attached hydrogens (tertiary/aromatic N) is 2.